The number of nitrogens with one attached hydrogen (secondary N) is 2. The third-order valence-corrected chi connectivity index (χ3v) is 2.49. The van der Waals surface area contributed by atoms with E-state index in [0.717, 1.165) is 25.6 Å². The lowest BCUT2D eigenvalue weighted by Gasteiger charge is -2.08. The molecule has 2 N–H and O–H groups in total. The number of hydrogen-bond donors (Lipinski definition) is 2. The van der Waals surface area contributed by atoms with Crippen LogP contribution in [0.5, 0.6) is 0 Å². The van der Waals surface area contributed by atoms with Crippen LogP contribution in [0.3, 0.4) is 0 Å². The first-order valence-electron chi connectivity index (χ1n) is 5.01. The van der Waals surface area contributed by atoms with Crippen LogP contribution >= 0.6 is 11.3 Å². The van der Waals surface area contributed by atoms with Gasteiger partial charge in [0.1, 0.15) is 0 Å². The number of thiophene rings is 1. The van der Waals surface area contributed by atoms with Crippen LogP contribution in [0.25, 0.3) is 0 Å². The Morgan fingerprint density at radius 2 is 2.47 bits per heavy atom. The van der Waals surface area contributed by atoms with E-state index < -0.39 is 0 Å². The standard InChI is InChI=1S/C11H17N3S/c1-3-6-13-11(12-4-2)14-8-10-5-7-15-9-10/h3,5,7,9H,1,4,6,8H2,2H3,(H2,12,13,14). The molecule has 0 amide bonds. The van der Waals surface area contributed by atoms with E-state index in [0.29, 0.717) is 0 Å². The first-order chi connectivity index (χ1) is 7.36. The third kappa shape index (κ3) is 4.65. The quantitative estimate of drug-likeness (QED) is 0.455. The zero-order chi connectivity index (χ0) is 10.9. The summed E-state index contributed by atoms with van der Waals surface area (Å²) >= 11 is 1.70. The van der Waals surface area contributed by atoms with E-state index >= 15 is 0 Å². The fourth-order valence-corrected chi connectivity index (χ4v) is 1.72. The molecule has 0 unspecified atom stereocenters. The second kappa shape index (κ2) is 7.06. The molecule has 1 heterocycles. The van der Waals surface area contributed by atoms with Crippen LogP contribution in [0, 0.1) is 0 Å². The number of hydrogen-bond acceptors (Lipinski definition) is 2. The minimum atomic E-state index is 0.718. The van der Waals surface area contributed by atoms with Gasteiger partial charge in [0, 0.05) is 13.1 Å². The number of nitrogens with zero attached hydrogens (tertiary/aromatic N) is 1. The molecule has 1 aromatic heterocycles. The fourth-order valence-electron chi connectivity index (χ4n) is 1.06. The molecule has 4 heteroatoms. The van der Waals surface area contributed by atoms with E-state index in [1.807, 2.05) is 6.08 Å². The maximum absolute atomic E-state index is 4.45. The van der Waals surface area contributed by atoms with Crippen molar-refractivity contribution in [2.45, 2.75) is 13.5 Å². The van der Waals surface area contributed by atoms with Gasteiger partial charge in [-0.25, -0.2) is 4.99 Å². The van der Waals surface area contributed by atoms with E-state index in [9.17, 15) is 0 Å². The Labute approximate surface area is 94.9 Å². The maximum atomic E-state index is 4.45. The second-order valence-corrected chi connectivity index (χ2v) is 3.78. The third-order valence-electron chi connectivity index (χ3n) is 1.76. The molecule has 0 radical (unpaired) electrons. The molecular formula is C11H17N3S. The highest BCUT2D eigenvalue weighted by molar-refractivity contribution is 7.07. The van der Waals surface area contributed by atoms with Crippen LogP contribution in [-0.4, -0.2) is 19.0 Å². The topological polar surface area (TPSA) is 36.4 Å². The highest BCUT2D eigenvalue weighted by Crippen LogP contribution is 2.06. The Bertz CT molecular complexity index is 304. The molecule has 0 aromatic carbocycles. The van der Waals surface area contributed by atoms with Gasteiger partial charge in [0.15, 0.2) is 5.96 Å². The fraction of sp³-hybridized carbons (Fsp3) is 0.364. The van der Waals surface area contributed by atoms with Gasteiger partial charge in [-0.1, -0.05) is 6.08 Å². The molecule has 1 rings (SSSR count). The molecule has 0 atom stereocenters. The summed E-state index contributed by atoms with van der Waals surface area (Å²) in [7, 11) is 0. The van der Waals surface area contributed by atoms with Crippen molar-refractivity contribution in [2.24, 2.45) is 4.99 Å². The van der Waals surface area contributed by atoms with Crippen molar-refractivity contribution in [3.8, 4) is 0 Å². The largest absolute Gasteiger partial charge is 0.357 e. The maximum Gasteiger partial charge on any atom is 0.191 e. The summed E-state index contributed by atoms with van der Waals surface area (Å²) in [6.45, 7) is 8.03. The van der Waals surface area contributed by atoms with Gasteiger partial charge in [0.05, 0.1) is 6.54 Å². The second-order valence-electron chi connectivity index (χ2n) is 3.00. The molecule has 0 spiro atoms. The van der Waals surface area contributed by atoms with E-state index in [-0.39, 0.29) is 0 Å². The average Bonchev–Trinajstić information content (AvgIpc) is 2.75. The van der Waals surface area contributed by atoms with Gasteiger partial charge >= 0.3 is 0 Å². The Morgan fingerprint density at radius 3 is 3.07 bits per heavy atom. The van der Waals surface area contributed by atoms with E-state index in [2.05, 4.69) is 46.0 Å². The molecule has 15 heavy (non-hydrogen) atoms. The highest BCUT2D eigenvalue weighted by Gasteiger charge is 1.95. The van der Waals surface area contributed by atoms with Crippen molar-refractivity contribution in [1.82, 2.24) is 10.6 Å². The van der Waals surface area contributed by atoms with Gasteiger partial charge < -0.3 is 10.6 Å². The molecule has 0 aliphatic heterocycles. The summed E-state index contributed by atoms with van der Waals surface area (Å²) in [5.41, 5.74) is 1.25. The molecule has 3 nitrogen and oxygen atoms in total. The molecule has 0 bridgehead atoms. The van der Waals surface area contributed by atoms with Crippen molar-refractivity contribution in [2.75, 3.05) is 13.1 Å². The van der Waals surface area contributed by atoms with Crippen LogP contribution in [0.15, 0.2) is 34.5 Å². The number of rotatable bonds is 5. The zero-order valence-corrected chi connectivity index (χ0v) is 9.81. The van der Waals surface area contributed by atoms with Crippen LogP contribution < -0.4 is 10.6 Å². The van der Waals surface area contributed by atoms with Crippen molar-refractivity contribution < 1.29 is 0 Å². The molecule has 82 valence electrons. The van der Waals surface area contributed by atoms with Crippen LogP contribution in [0.2, 0.25) is 0 Å². The number of guanidine groups is 1. The lowest BCUT2D eigenvalue weighted by atomic mass is 10.3. The first-order valence-corrected chi connectivity index (χ1v) is 5.95. The molecule has 1 aromatic rings. The Kier molecular flexibility index (Phi) is 5.55. The van der Waals surface area contributed by atoms with E-state index in [1.54, 1.807) is 11.3 Å². The summed E-state index contributed by atoms with van der Waals surface area (Å²) < 4.78 is 0. The van der Waals surface area contributed by atoms with E-state index in [1.165, 1.54) is 5.56 Å². The Balaban J connectivity index is 2.46. The number of aliphatic imine (C=N–C) groups is 1. The summed E-state index contributed by atoms with van der Waals surface area (Å²) in [4.78, 5) is 4.45. The average molecular weight is 223 g/mol. The molecule has 0 saturated heterocycles. The van der Waals surface area contributed by atoms with Crippen molar-refractivity contribution in [3.63, 3.8) is 0 Å². The van der Waals surface area contributed by atoms with Crippen LogP contribution in [-0.2, 0) is 6.54 Å². The Hall–Kier alpha value is -1.29. The van der Waals surface area contributed by atoms with Gasteiger partial charge in [0.25, 0.3) is 0 Å². The lowest BCUT2D eigenvalue weighted by Crippen LogP contribution is -2.37. The van der Waals surface area contributed by atoms with Gasteiger partial charge in [-0.3, -0.25) is 0 Å². The monoisotopic (exact) mass is 223 g/mol. The summed E-state index contributed by atoms with van der Waals surface area (Å²) in [5.74, 6) is 0.837. The summed E-state index contributed by atoms with van der Waals surface area (Å²) in [5, 5.41) is 10.5. The predicted octanol–water partition coefficient (Wildman–Crippen LogP) is 1.99. The molecule has 0 aliphatic carbocycles. The normalized spacial score (nSPS) is 11.1. The summed E-state index contributed by atoms with van der Waals surface area (Å²) in [6, 6.07) is 2.09. The minimum Gasteiger partial charge on any atom is -0.357 e. The molecule has 0 aliphatic rings. The van der Waals surface area contributed by atoms with Gasteiger partial charge in [0.2, 0.25) is 0 Å². The highest BCUT2D eigenvalue weighted by atomic mass is 32.1. The van der Waals surface area contributed by atoms with Crippen LogP contribution in [0.4, 0.5) is 0 Å². The van der Waals surface area contributed by atoms with E-state index in [4.69, 9.17) is 0 Å². The Morgan fingerprint density at radius 1 is 1.60 bits per heavy atom. The van der Waals surface area contributed by atoms with Gasteiger partial charge in [-0.15, -0.1) is 6.58 Å². The van der Waals surface area contributed by atoms with Gasteiger partial charge in [-0.05, 0) is 29.3 Å². The predicted molar refractivity (Wildman–Crippen MR) is 67.3 cm³/mol. The zero-order valence-electron chi connectivity index (χ0n) is 8.99. The first kappa shape index (κ1) is 11.8. The van der Waals surface area contributed by atoms with Crippen molar-refractivity contribution in [3.05, 3.63) is 35.0 Å². The molecule has 0 saturated carbocycles. The lowest BCUT2D eigenvalue weighted by molar-refractivity contribution is 0.861. The minimum absolute atomic E-state index is 0.718. The van der Waals surface area contributed by atoms with Crippen LogP contribution in [0.1, 0.15) is 12.5 Å². The van der Waals surface area contributed by atoms with Crippen molar-refractivity contribution >= 4 is 17.3 Å². The smallest absolute Gasteiger partial charge is 0.191 e. The van der Waals surface area contributed by atoms with Crippen molar-refractivity contribution in [1.29, 1.82) is 0 Å². The summed E-state index contributed by atoms with van der Waals surface area (Å²) in [6.07, 6.45) is 1.82. The van der Waals surface area contributed by atoms with Gasteiger partial charge in [-0.2, -0.15) is 11.3 Å². The molecular weight excluding hydrogens is 206 g/mol. The molecule has 0 fully saturated rings. The SMILES string of the molecule is C=CCNC(=NCc1ccsc1)NCC.